The van der Waals surface area contributed by atoms with Crippen LogP contribution in [-0.4, -0.2) is 52.1 Å². The minimum absolute atomic E-state index is 0.363. The largest absolute Gasteiger partial charge is 0.361 e. The molecule has 0 saturated carbocycles. The van der Waals surface area contributed by atoms with Gasteiger partial charge < -0.3 is 4.90 Å². The van der Waals surface area contributed by atoms with Crippen LogP contribution in [0.3, 0.4) is 0 Å². The van der Waals surface area contributed by atoms with Gasteiger partial charge in [0, 0.05) is 39.8 Å². The predicted octanol–water partition coefficient (Wildman–Crippen LogP) is 2.04. The number of amidine groups is 1. The number of rotatable bonds is 2. The molecule has 0 bridgehead atoms. The first-order valence-corrected chi connectivity index (χ1v) is 7.05. The van der Waals surface area contributed by atoms with Crippen LogP contribution in [0.4, 0.5) is 0 Å². The first-order valence-electron chi connectivity index (χ1n) is 6.67. The molecule has 1 aliphatic heterocycles. The lowest BCUT2D eigenvalue weighted by molar-refractivity contribution is 0.216. The van der Waals surface area contributed by atoms with Crippen LogP contribution < -0.4 is 0 Å². The minimum atomic E-state index is 0.363. The van der Waals surface area contributed by atoms with Crippen molar-refractivity contribution in [2.75, 3.05) is 20.6 Å². The van der Waals surface area contributed by atoms with Gasteiger partial charge in [-0.3, -0.25) is 15.0 Å². The number of nitrogens with zero attached hydrogens (tertiary/aromatic N) is 4. The fourth-order valence-electron chi connectivity index (χ4n) is 2.31. The molecule has 0 atom stereocenters. The molecule has 0 saturated heterocycles. The van der Waals surface area contributed by atoms with Gasteiger partial charge in [0.25, 0.3) is 0 Å². The van der Waals surface area contributed by atoms with Crippen molar-refractivity contribution in [2.24, 2.45) is 0 Å². The molecule has 106 valence electrons. The van der Waals surface area contributed by atoms with E-state index in [4.69, 9.17) is 17.0 Å². The zero-order valence-corrected chi connectivity index (χ0v) is 12.8. The van der Waals surface area contributed by atoms with Crippen LogP contribution in [0.5, 0.6) is 0 Å². The van der Waals surface area contributed by atoms with E-state index < -0.39 is 0 Å². The van der Waals surface area contributed by atoms with Gasteiger partial charge in [-0.2, -0.15) is 5.10 Å². The highest BCUT2D eigenvalue weighted by molar-refractivity contribution is 6.34. The fraction of sp³-hybridized carbons (Fsp3) is 0.692. The molecule has 0 fully saturated rings. The second-order valence-corrected chi connectivity index (χ2v) is 5.87. The van der Waals surface area contributed by atoms with Crippen molar-refractivity contribution in [1.82, 2.24) is 19.6 Å². The number of hydrogen-bond donors (Lipinski definition) is 1. The summed E-state index contributed by atoms with van der Waals surface area (Å²) in [4.78, 5) is 4.13. The van der Waals surface area contributed by atoms with E-state index in [1.54, 1.807) is 4.90 Å². The van der Waals surface area contributed by atoms with E-state index in [0.29, 0.717) is 22.6 Å². The summed E-state index contributed by atoms with van der Waals surface area (Å²) in [6.45, 7) is 7.15. The molecule has 0 aromatic carbocycles. The maximum absolute atomic E-state index is 8.05. The van der Waals surface area contributed by atoms with Crippen LogP contribution in [0.2, 0.25) is 5.02 Å². The van der Waals surface area contributed by atoms with Crippen molar-refractivity contribution >= 4 is 17.4 Å². The molecular formula is C13H22ClN5. The first-order chi connectivity index (χ1) is 8.91. The molecule has 1 aromatic rings. The summed E-state index contributed by atoms with van der Waals surface area (Å²) < 4.78 is 1.97. The van der Waals surface area contributed by atoms with Crippen LogP contribution in [0.15, 0.2) is 0 Å². The van der Waals surface area contributed by atoms with Crippen molar-refractivity contribution < 1.29 is 0 Å². The Morgan fingerprint density at radius 1 is 1.37 bits per heavy atom. The van der Waals surface area contributed by atoms with Gasteiger partial charge in [0.05, 0.1) is 10.7 Å². The van der Waals surface area contributed by atoms with E-state index in [1.807, 2.05) is 18.8 Å². The lowest BCUT2D eigenvalue weighted by Gasteiger charge is -2.24. The lowest BCUT2D eigenvalue weighted by atomic mass is 10.2. The van der Waals surface area contributed by atoms with E-state index in [1.165, 1.54) is 0 Å². The van der Waals surface area contributed by atoms with E-state index in [0.717, 1.165) is 31.7 Å². The molecular weight excluding hydrogens is 262 g/mol. The molecule has 2 heterocycles. The van der Waals surface area contributed by atoms with Crippen LogP contribution in [-0.2, 0) is 13.1 Å². The Kier molecular flexibility index (Phi) is 4.16. The van der Waals surface area contributed by atoms with E-state index >= 15 is 0 Å². The molecule has 1 N–H and O–H groups in total. The van der Waals surface area contributed by atoms with Crippen molar-refractivity contribution in [3.63, 3.8) is 0 Å². The summed E-state index contributed by atoms with van der Waals surface area (Å²) in [5.74, 6) is 0.363. The van der Waals surface area contributed by atoms with Crippen molar-refractivity contribution in [3.05, 3.63) is 16.4 Å². The quantitative estimate of drug-likeness (QED) is 0.667. The fourth-order valence-corrected chi connectivity index (χ4v) is 2.59. The predicted molar refractivity (Wildman–Crippen MR) is 77.9 cm³/mol. The van der Waals surface area contributed by atoms with Crippen LogP contribution in [0, 0.1) is 5.41 Å². The van der Waals surface area contributed by atoms with Gasteiger partial charge in [-0.05, 0) is 20.3 Å². The van der Waals surface area contributed by atoms with Gasteiger partial charge >= 0.3 is 0 Å². The first kappa shape index (κ1) is 14.3. The maximum atomic E-state index is 8.05. The number of aromatic nitrogens is 2. The Balaban J connectivity index is 2.36. The molecule has 1 aromatic heterocycles. The third-order valence-corrected chi connectivity index (χ3v) is 3.96. The summed E-state index contributed by atoms with van der Waals surface area (Å²) in [6, 6.07) is 0.495. The normalized spacial score (nSPS) is 16.3. The van der Waals surface area contributed by atoms with Crippen molar-refractivity contribution in [1.29, 1.82) is 5.41 Å². The lowest BCUT2D eigenvalue weighted by Crippen LogP contribution is -2.30. The Labute approximate surface area is 119 Å². The number of hydrogen-bond acceptors (Lipinski definition) is 3. The van der Waals surface area contributed by atoms with Gasteiger partial charge in [-0.1, -0.05) is 11.6 Å². The van der Waals surface area contributed by atoms with Crippen LogP contribution in [0.1, 0.15) is 31.7 Å². The van der Waals surface area contributed by atoms with Crippen LogP contribution in [0.25, 0.3) is 0 Å². The Bertz CT molecular complexity index is 478. The smallest absolute Gasteiger partial charge is 0.150 e. The van der Waals surface area contributed by atoms with Crippen LogP contribution >= 0.6 is 11.6 Å². The third-order valence-electron chi connectivity index (χ3n) is 3.56. The monoisotopic (exact) mass is 283 g/mol. The zero-order chi connectivity index (χ0) is 14.2. The topological polar surface area (TPSA) is 48.2 Å². The molecule has 0 unspecified atom stereocenters. The number of aryl methyl sites for hydroxylation is 1. The van der Waals surface area contributed by atoms with Gasteiger partial charge in [0.15, 0.2) is 0 Å². The molecule has 0 spiro atoms. The molecule has 0 radical (unpaired) electrons. The number of fused-ring (bicyclic) bond motifs is 1. The molecule has 0 amide bonds. The summed E-state index contributed by atoms with van der Waals surface area (Å²) in [7, 11) is 3.67. The second-order valence-electron chi connectivity index (χ2n) is 5.49. The van der Waals surface area contributed by atoms with Crippen molar-refractivity contribution in [3.8, 4) is 0 Å². The summed E-state index contributed by atoms with van der Waals surface area (Å²) in [5, 5.41) is 13.2. The molecule has 2 rings (SSSR count). The van der Waals surface area contributed by atoms with Crippen molar-refractivity contribution in [2.45, 2.75) is 39.4 Å². The molecule has 1 aliphatic rings. The van der Waals surface area contributed by atoms with Gasteiger partial charge in [0.2, 0.25) is 0 Å². The van der Waals surface area contributed by atoms with E-state index in [9.17, 15) is 0 Å². The van der Waals surface area contributed by atoms with E-state index in [-0.39, 0.29) is 0 Å². The van der Waals surface area contributed by atoms with Gasteiger partial charge in [0.1, 0.15) is 11.5 Å². The molecule has 6 heteroatoms. The highest BCUT2D eigenvalue weighted by Gasteiger charge is 2.25. The summed E-state index contributed by atoms with van der Waals surface area (Å²) in [5.41, 5.74) is 1.63. The minimum Gasteiger partial charge on any atom is -0.361 e. The van der Waals surface area contributed by atoms with Gasteiger partial charge in [-0.15, -0.1) is 0 Å². The maximum Gasteiger partial charge on any atom is 0.150 e. The van der Waals surface area contributed by atoms with E-state index in [2.05, 4.69) is 23.8 Å². The average molecular weight is 284 g/mol. The number of nitrogens with one attached hydrogen (secondary N) is 1. The molecule has 0 aliphatic carbocycles. The average Bonchev–Trinajstić information content (AvgIpc) is 2.54. The zero-order valence-electron chi connectivity index (χ0n) is 12.1. The Hall–Kier alpha value is -1.07. The second kappa shape index (κ2) is 5.51. The molecule has 19 heavy (non-hydrogen) atoms. The SMILES string of the molecule is CC(C)N1CCCn2nc(C(=N)N(C)C)c(Cl)c2C1. The standard InChI is InChI=1S/C13H22ClN5/c1-9(2)18-6-5-7-19-10(8-18)11(14)12(16-19)13(15)17(3)4/h9,15H,5-8H2,1-4H3. The highest BCUT2D eigenvalue weighted by atomic mass is 35.5. The van der Waals surface area contributed by atoms with Gasteiger partial charge in [-0.25, -0.2) is 0 Å². The summed E-state index contributed by atoms with van der Waals surface area (Å²) >= 11 is 6.45. The molecule has 5 nitrogen and oxygen atoms in total. The third kappa shape index (κ3) is 2.77. The Morgan fingerprint density at radius 3 is 2.63 bits per heavy atom. The summed E-state index contributed by atoms with van der Waals surface area (Å²) in [6.07, 6.45) is 1.07. The number of halogens is 1. The Morgan fingerprint density at radius 2 is 2.05 bits per heavy atom. The highest BCUT2D eigenvalue weighted by Crippen LogP contribution is 2.26.